The zero-order chi connectivity index (χ0) is 22.2. The van der Waals surface area contributed by atoms with E-state index in [0.717, 1.165) is 21.0 Å². The van der Waals surface area contributed by atoms with Crippen LogP contribution in [0.15, 0.2) is 51.9 Å². The number of thioether (sulfide) groups is 1. The molecule has 2 aromatic heterocycles. The minimum atomic E-state index is -3.93. The standard InChI is InChI=1S/C21H21ClN2O5S2/c1-14-3-5-15(6-4-14)31(26,27)24-8-7-16(22)19(24)17-13-18(28-2)20(29-17)21(25)23-9-11-30-12-10-23/h3-8,13H,9-12H2,1-2H3. The molecule has 7 nitrogen and oxygen atoms in total. The van der Waals surface area contributed by atoms with Crippen LogP contribution >= 0.6 is 23.4 Å². The van der Waals surface area contributed by atoms with Crippen molar-refractivity contribution in [2.24, 2.45) is 0 Å². The Labute approximate surface area is 190 Å². The molecule has 3 aromatic rings. The van der Waals surface area contributed by atoms with E-state index in [4.69, 9.17) is 20.8 Å². The summed E-state index contributed by atoms with van der Waals surface area (Å²) in [5.74, 6) is 1.81. The molecule has 0 N–H and O–H groups in total. The number of methoxy groups -OCH3 is 1. The summed E-state index contributed by atoms with van der Waals surface area (Å²) in [5.41, 5.74) is 1.08. The summed E-state index contributed by atoms with van der Waals surface area (Å²) in [6.45, 7) is 3.10. The van der Waals surface area contributed by atoms with Gasteiger partial charge in [0.1, 0.15) is 5.69 Å². The highest BCUT2D eigenvalue weighted by atomic mass is 35.5. The molecule has 0 aliphatic carbocycles. The molecule has 0 unspecified atom stereocenters. The van der Waals surface area contributed by atoms with Gasteiger partial charge in [0.2, 0.25) is 5.76 Å². The van der Waals surface area contributed by atoms with Gasteiger partial charge in [-0.25, -0.2) is 12.4 Å². The zero-order valence-electron chi connectivity index (χ0n) is 17.0. The van der Waals surface area contributed by atoms with Crippen molar-refractivity contribution in [2.45, 2.75) is 11.8 Å². The third kappa shape index (κ3) is 4.09. The lowest BCUT2D eigenvalue weighted by molar-refractivity contribution is 0.0736. The molecule has 1 aromatic carbocycles. The van der Waals surface area contributed by atoms with E-state index in [1.807, 2.05) is 6.92 Å². The predicted octanol–water partition coefficient (Wildman–Crippen LogP) is 4.14. The Morgan fingerprint density at radius 2 is 1.84 bits per heavy atom. The lowest BCUT2D eigenvalue weighted by Gasteiger charge is -2.25. The number of aryl methyl sites for hydroxylation is 1. The molecule has 0 atom stereocenters. The minimum absolute atomic E-state index is 0.0287. The van der Waals surface area contributed by atoms with E-state index in [9.17, 15) is 13.2 Å². The van der Waals surface area contributed by atoms with Gasteiger partial charge in [-0.2, -0.15) is 11.8 Å². The smallest absolute Gasteiger partial charge is 0.293 e. The van der Waals surface area contributed by atoms with E-state index in [2.05, 4.69) is 0 Å². The summed E-state index contributed by atoms with van der Waals surface area (Å²) in [4.78, 5) is 14.8. The number of carbonyl (C=O) groups is 1. The maximum absolute atomic E-state index is 13.2. The molecule has 1 saturated heterocycles. The third-order valence-electron chi connectivity index (χ3n) is 5.02. The third-order valence-corrected chi connectivity index (χ3v) is 7.96. The molecule has 1 aliphatic heterocycles. The van der Waals surface area contributed by atoms with Crippen molar-refractivity contribution in [1.82, 2.24) is 8.87 Å². The van der Waals surface area contributed by atoms with Gasteiger partial charge < -0.3 is 14.1 Å². The number of halogens is 1. The normalized spacial score (nSPS) is 14.6. The van der Waals surface area contributed by atoms with Gasteiger partial charge in [-0.3, -0.25) is 4.79 Å². The molecule has 0 radical (unpaired) electrons. The predicted molar refractivity (Wildman–Crippen MR) is 121 cm³/mol. The molecule has 31 heavy (non-hydrogen) atoms. The first kappa shape index (κ1) is 21.9. The first-order valence-corrected chi connectivity index (χ1v) is 12.5. The van der Waals surface area contributed by atoms with Crippen LogP contribution in [0.3, 0.4) is 0 Å². The fraction of sp³-hybridized carbons (Fsp3) is 0.286. The summed E-state index contributed by atoms with van der Waals surface area (Å²) in [6.07, 6.45) is 1.37. The van der Waals surface area contributed by atoms with Crippen molar-refractivity contribution in [3.8, 4) is 17.2 Å². The van der Waals surface area contributed by atoms with Crippen molar-refractivity contribution < 1.29 is 22.4 Å². The van der Waals surface area contributed by atoms with Gasteiger partial charge in [0.15, 0.2) is 11.5 Å². The number of hydrogen-bond donors (Lipinski definition) is 0. The Balaban J connectivity index is 1.78. The summed E-state index contributed by atoms with van der Waals surface area (Å²) in [7, 11) is -2.50. The van der Waals surface area contributed by atoms with Crippen LogP contribution in [0.25, 0.3) is 11.5 Å². The number of hydrogen-bond acceptors (Lipinski definition) is 6. The van der Waals surface area contributed by atoms with E-state index >= 15 is 0 Å². The minimum Gasteiger partial charge on any atom is -0.492 e. The van der Waals surface area contributed by atoms with Gasteiger partial charge in [-0.05, 0) is 25.1 Å². The number of aromatic nitrogens is 1. The van der Waals surface area contributed by atoms with Gasteiger partial charge in [-0.1, -0.05) is 29.3 Å². The molecule has 1 amide bonds. The van der Waals surface area contributed by atoms with Crippen LogP contribution in [0.5, 0.6) is 5.75 Å². The molecule has 0 bridgehead atoms. The monoisotopic (exact) mass is 480 g/mol. The van der Waals surface area contributed by atoms with Crippen molar-refractivity contribution >= 4 is 39.3 Å². The lowest BCUT2D eigenvalue weighted by atomic mass is 10.2. The molecular formula is C21H21ClN2O5S2. The summed E-state index contributed by atoms with van der Waals surface area (Å²) in [5, 5.41) is 0.181. The van der Waals surface area contributed by atoms with Crippen molar-refractivity contribution in [3.63, 3.8) is 0 Å². The van der Waals surface area contributed by atoms with Crippen LogP contribution in [0.2, 0.25) is 5.02 Å². The van der Waals surface area contributed by atoms with Crippen molar-refractivity contribution in [3.05, 3.63) is 58.9 Å². The van der Waals surface area contributed by atoms with E-state index < -0.39 is 10.0 Å². The largest absolute Gasteiger partial charge is 0.492 e. The highest BCUT2D eigenvalue weighted by Gasteiger charge is 2.30. The number of rotatable bonds is 5. The summed E-state index contributed by atoms with van der Waals surface area (Å²) in [6, 6.07) is 9.49. The van der Waals surface area contributed by atoms with Crippen LogP contribution in [0.1, 0.15) is 16.1 Å². The maximum atomic E-state index is 13.2. The second-order valence-electron chi connectivity index (χ2n) is 7.04. The van der Waals surface area contributed by atoms with Gasteiger partial charge in [0, 0.05) is 36.9 Å². The van der Waals surface area contributed by atoms with Crippen LogP contribution in [-0.2, 0) is 10.0 Å². The second-order valence-corrected chi connectivity index (χ2v) is 10.5. The highest BCUT2D eigenvalue weighted by Crippen LogP contribution is 2.37. The topological polar surface area (TPSA) is 81.7 Å². The number of amides is 1. The molecule has 1 fully saturated rings. The Kier molecular flexibility index (Phi) is 6.09. The van der Waals surface area contributed by atoms with E-state index in [-0.39, 0.29) is 38.8 Å². The number of ether oxygens (including phenoxy) is 1. The number of benzene rings is 1. The molecule has 1 aliphatic rings. The van der Waals surface area contributed by atoms with Crippen LogP contribution < -0.4 is 4.74 Å². The van der Waals surface area contributed by atoms with Crippen molar-refractivity contribution in [2.75, 3.05) is 31.7 Å². The molecule has 0 spiro atoms. The summed E-state index contributed by atoms with van der Waals surface area (Å²) >= 11 is 8.13. The van der Waals surface area contributed by atoms with E-state index in [1.165, 1.54) is 37.6 Å². The van der Waals surface area contributed by atoms with Crippen LogP contribution in [-0.4, -0.2) is 54.9 Å². The van der Waals surface area contributed by atoms with Gasteiger partial charge >= 0.3 is 0 Å². The molecule has 164 valence electrons. The van der Waals surface area contributed by atoms with Gasteiger partial charge in [-0.15, -0.1) is 0 Å². The molecule has 10 heteroatoms. The maximum Gasteiger partial charge on any atom is 0.293 e. The van der Waals surface area contributed by atoms with Crippen LogP contribution in [0.4, 0.5) is 0 Å². The van der Waals surface area contributed by atoms with E-state index in [0.29, 0.717) is 13.1 Å². The quantitative estimate of drug-likeness (QED) is 0.545. The molecule has 3 heterocycles. The highest BCUT2D eigenvalue weighted by molar-refractivity contribution is 7.99. The van der Waals surface area contributed by atoms with Gasteiger partial charge in [0.05, 0.1) is 17.0 Å². The van der Waals surface area contributed by atoms with E-state index in [1.54, 1.807) is 28.8 Å². The second kappa shape index (κ2) is 8.64. The van der Waals surface area contributed by atoms with Crippen molar-refractivity contribution in [1.29, 1.82) is 0 Å². The fourth-order valence-corrected chi connectivity index (χ4v) is 5.89. The Hall–Kier alpha value is -2.36. The number of carbonyl (C=O) groups excluding carboxylic acids is 1. The lowest BCUT2D eigenvalue weighted by Crippen LogP contribution is -2.37. The first-order chi connectivity index (χ1) is 14.8. The fourth-order valence-electron chi connectivity index (χ4n) is 3.34. The molecule has 4 rings (SSSR count). The number of furan rings is 1. The zero-order valence-corrected chi connectivity index (χ0v) is 19.4. The summed E-state index contributed by atoms with van der Waals surface area (Å²) < 4.78 is 38.8. The molecule has 0 saturated carbocycles. The Morgan fingerprint density at radius 3 is 2.48 bits per heavy atom. The molecular weight excluding hydrogens is 460 g/mol. The van der Waals surface area contributed by atoms with Gasteiger partial charge in [0.25, 0.3) is 15.9 Å². The average molecular weight is 481 g/mol. The first-order valence-electron chi connectivity index (χ1n) is 9.57. The Bertz CT molecular complexity index is 1210. The van der Waals surface area contributed by atoms with Crippen LogP contribution in [0, 0.1) is 6.92 Å². The number of nitrogens with zero attached hydrogens (tertiary/aromatic N) is 2. The Morgan fingerprint density at radius 1 is 1.16 bits per heavy atom. The average Bonchev–Trinajstić information content (AvgIpc) is 3.37. The SMILES string of the molecule is COc1cc(-c2c(Cl)ccn2S(=O)(=O)c2ccc(C)cc2)oc1C(=O)N1CCSCC1.